The van der Waals surface area contributed by atoms with E-state index in [0.717, 1.165) is 42.6 Å². The van der Waals surface area contributed by atoms with Gasteiger partial charge in [0, 0.05) is 23.4 Å². The van der Waals surface area contributed by atoms with Crippen molar-refractivity contribution in [3.8, 4) is 11.5 Å². The molecule has 32 heavy (non-hydrogen) atoms. The summed E-state index contributed by atoms with van der Waals surface area (Å²) in [5, 5.41) is 0. The van der Waals surface area contributed by atoms with E-state index in [2.05, 4.69) is 13.0 Å². The largest absolute Gasteiger partial charge is 0.493 e. The van der Waals surface area contributed by atoms with E-state index in [1.807, 2.05) is 6.07 Å². The highest BCUT2D eigenvalue weighted by molar-refractivity contribution is 6.21. The fourth-order valence-electron chi connectivity index (χ4n) is 4.45. The van der Waals surface area contributed by atoms with Crippen LogP contribution < -0.4 is 9.47 Å². The molecule has 0 spiro atoms. The summed E-state index contributed by atoms with van der Waals surface area (Å²) in [6.07, 6.45) is 6.56. The van der Waals surface area contributed by atoms with Crippen molar-refractivity contribution in [2.24, 2.45) is 4.99 Å². The lowest BCUT2D eigenvalue weighted by molar-refractivity contribution is 0.0630. The highest BCUT2D eigenvalue weighted by atomic mass is 16.5. The Bertz CT molecular complexity index is 1010. The van der Waals surface area contributed by atoms with Gasteiger partial charge in [-0.25, -0.2) is 0 Å². The summed E-state index contributed by atoms with van der Waals surface area (Å²) in [6.45, 7) is 3.35. The zero-order chi connectivity index (χ0) is 22.5. The van der Waals surface area contributed by atoms with E-state index in [0.29, 0.717) is 22.6 Å². The Morgan fingerprint density at radius 1 is 0.969 bits per heavy atom. The lowest BCUT2D eigenvalue weighted by atomic mass is 9.93. The number of carbonyl (C=O) groups excluding carboxylic acids is 2. The van der Waals surface area contributed by atoms with Gasteiger partial charge in [-0.2, -0.15) is 0 Å². The van der Waals surface area contributed by atoms with Crippen molar-refractivity contribution < 1.29 is 19.1 Å². The van der Waals surface area contributed by atoms with Gasteiger partial charge in [0.25, 0.3) is 11.8 Å². The molecular weight excluding hydrogens is 404 g/mol. The minimum Gasteiger partial charge on any atom is -0.493 e. The van der Waals surface area contributed by atoms with Crippen LogP contribution in [0.3, 0.4) is 0 Å². The maximum absolute atomic E-state index is 12.6. The number of nitrogens with zero attached hydrogens (tertiary/aromatic N) is 2. The Hall–Kier alpha value is -3.15. The van der Waals surface area contributed by atoms with Gasteiger partial charge in [0.05, 0.1) is 24.8 Å². The average molecular weight is 435 g/mol. The monoisotopic (exact) mass is 434 g/mol. The fourth-order valence-corrected chi connectivity index (χ4v) is 4.45. The van der Waals surface area contributed by atoms with Gasteiger partial charge in [-0.05, 0) is 43.5 Å². The topological polar surface area (TPSA) is 68.2 Å². The second-order valence-electron chi connectivity index (χ2n) is 8.17. The molecule has 4 rings (SSSR count). The molecule has 0 N–H and O–H groups in total. The number of amides is 2. The maximum Gasteiger partial charge on any atom is 0.261 e. The molecule has 2 heterocycles. The second-order valence-corrected chi connectivity index (χ2v) is 8.17. The molecule has 2 aromatic carbocycles. The van der Waals surface area contributed by atoms with Gasteiger partial charge >= 0.3 is 0 Å². The van der Waals surface area contributed by atoms with Crippen molar-refractivity contribution in [1.29, 1.82) is 0 Å². The van der Waals surface area contributed by atoms with Gasteiger partial charge in [-0.15, -0.1) is 0 Å². The summed E-state index contributed by atoms with van der Waals surface area (Å²) >= 11 is 0. The molecule has 2 aliphatic heterocycles. The Balaban J connectivity index is 1.47. The normalized spacial score (nSPS) is 14.8. The van der Waals surface area contributed by atoms with Crippen molar-refractivity contribution >= 4 is 17.5 Å². The Labute approximate surface area is 189 Å². The van der Waals surface area contributed by atoms with Crippen molar-refractivity contribution in [3.05, 3.63) is 58.7 Å². The highest BCUT2D eigenvalue weighted by Gasteiger charge is 2.35. The van der Waals surface area contributed by atoms with Crippen LogP contribution in [0, 0.1) is 0 Å². The van der Waals surface area contributed by atoms with Crippen LogP contribution >= 0.6 is 0 Å². The average Bonchev–Trinajstić information content (AvgIpc) is 3.07. The highest BCUT2D eigenvalue weighted by Crippen LogP contribution is 2.37. The zero-order valence-electron chi connectivity index (χ0n) is 18.9. The van der Waals surface area contributed by atoms with Crippen LogP contribution in [0.4, 0.5) is 0 Å². The van der Waals surface area contributed by atoms with Crippen molar-refractivity contribution in [2.75, 3.05) is 26.8 Å². The first-order chi connectivity index (χ1) is 15.7. The number of ether oxygens (including phenoxy) is 2. The number of rotatable bonds is 10. The summed E-state index contributed by atoms with van der Waals surface area (Å²) in [7, 11) is 1.63. The van der Waals surface area contributed by atoms with Crippen LogP contribution in [-0.4, -0.2) is 49.2 Å². The molecule has 0 saturated carbocycles. The molecule has 2 aliphatic rings. The van der Waals surface area contributed by atoms with Crippen LogP contribution in [-0.2, 0) is 6.42 Å². The molecule has 2 amide bonds. The Kier molecular flexibility index (Phi) is 6.88. The van der Waals surface area contributed by atoms with Gasteiger partial charge in [-0.1, -0.05) is 38.3 Å². The van der Waals surface area contributed by atoms with Crippen LogP contribution in [0.2, 0.25) is 0 Å². The Morgan fingerprint density at radius 3 is 2.41 bits per heavy atom. The number of methoxy groups -OCH3 is 1. The smallest absolute Gasteiger partial charge is 0.261 e. The van der Waals surface area contributed by atoms with E-state index in [1.54, 1.807) is 31.4 Å². The van der Waals surface area contributed by atoms with E-state index < -0.39 is 0 Å². The summed E-state index contributed by atoms with van der Waals surface area (Å²) in [4.78, 5) is 31.2. The lowest BCUT2D eigenvalue weighted by Gasteiger charge is -2.23. The number of hydrogen-bond donors (Lipinski definition) is 0. The SMILES string of the molecule is CCCCCCC1=NCCc2c1ccc(OC)c2OCCN1C(=O)c2ccccc2C1=O. The van der Waals surface area contributed by atoms with E-state index in [-0.39, 0.29) is 25.0 Å². The predicted molar refractivity (Wildman–Crippen MR) is 124 cm³/mol. The van der Waals surface area contributed by atoms with Crippen LogP contribution in [0.5, 0.6) is 11.5 Å². The second kappa shape index (κ2) is 9.98. The van der Waals surface area contributed by atoms with Gasteiger partial charge < -0.3 is 9.47 Å². The van der Waals surface area contributed by atoms with Crippen molar-refractivity contribution in [3.63, 3.8) is 0 Å². The molecule has 0 radical (unpaired) electrons. The predicted octanol–water partition coefficient (Wildman–Crippen LogP) is 4.69. The summed E-state index contributed by atoms with van der Waals surface area (Å²) < 4.78 is 11.7. The van der Waals surface area contributed by atoms with Gasteiger partial charge in [-0.3, -0.25) is 19.5 Å². The summed E-state index contributed by atoms with van der Waals surface area (Å²) in [5.74, 6) is 0.830. The molecule has 0 aromatic heterocycles. The van der Waals surface area contributed by atoms with Crippen LogP contribution in [0.1, 0.15) is 70.9 Å². The molecule has 168 valence electrons. The molecule has 0 atom stereocenters. The van der Waals surface area contributed by atoms with E-state index in [9.17, 15) is 9.59 Å². The molecular formula is C26H30N2O4. The number of hydrogen-bond acceptors (Lipinski definition) is 5. The number of benzene rings is 2. The third-order valence-electron chi connectivity index (χ3n) is 6.13. The standard InChI is InChI=1S/C26H30N2O4/c1-3-4-5-6-11-22-18-12-13-23(31-2)24(19(18)14-15-27-22)32-17-16-28-25(29)20-9-7-8-10-21(20)26(28)30/h7-10,12-13H,3-6,11,14-17H2,1-2H3. The third-order valence-corrected chi connectivity index (χ3v) is 6.13. The van der Waals surface area contributed by atoms with Gasteiger partial charge in [0.2, 0.25) is 0 Å². The first kappa shape index (κ1) is 22.1. The first-order valence-corrected chi connectivity index (χ1v) is 11.5. The molecule has 0 fully saturated rings. The number of carbonyl (C=O) groups is 2. The van der Waals surface area contributed by atoms with Crippen LogP contribution in [0.25, 0.3) is 0 Å². The molecule has 2 aromatic rings. The zero-order valence-corrected chi connectivity index (χ0v) is 18.9. The van der Waals surface area contributed by atoms with Gasteiger partial charge in [0.15, 0.2) is 11.5 Å². The first-order valence-electron chi connectivity index (χ1n) is 11.5. The minimum atomic E-state index is -0.266. The Morgan fingerprint density at radius 2 is 1.72 bits per heavy atom. The van der Waals surface area contributed by atoms with Gasteiger partial charge in [0.1, 0.15) is 6.61 Å². The van der Waals surface area contributed by atoms with E-state index in [4.69, 9.17) is 14.5 Å². The molecule has 0 unspecified atom stereocenters. The van der Waals surface area contributed by atoms with Crippen molar-refractivity contribution in [2.45, 2.75) is 45.4 Å². The number of imide groups is 1. The summed E-state index contributed by atoms with van der Waals surface area (Å²) in [6, 6.07) is 10.9. The summed E-state index contributed by atoms with van der Waals surface area (Å²) in [5.41, 5.74) is 4.28. The fraction of sp³-hybridized carbons (Fsp3) is 0.423. The number of aliphatic imine (C=N–C) groups is 1. The van der Waals surface area contributed by atoms with E-state index in [1.165, 1.54) is 24.2 Å². The van der Waals surface area contributed by atoms with Crippen molar-refractivity contribution in [1.82, 2.24) is 4.90 Å². The minimum absolute atomic E-state index is 0.192. The van der Waals surface area contributed by atoms with E-state index >= 15 is 0 Å². The lowest BCUT2D eigenvalue weighted by Crippen LogP contribution is -2.33. The third kappa shape index (κ3) is 4.27. The molecule has 6 heteroatoms. The molecule has 0 bridgehead atoms. The molecule has 0 saturated heterocycles. The number of fused-ring (bicyclic) bond motifs is 2. The molecule has 6 nitrogen and oxygen atoms in total. The van der Waals surface area contributed by atoms with Crippen LogP contribution in [0.15, 0.2) is 41.4 Å². The molecule has 0 aliphatic carbocycles. The number of unbranched alkanes of at least 4 members (excludes halogenated alkanes) is 3. The maximum atomic E-state index is 12.6. The quantitative estimate of drug-likeness (QED) is 0.402.